The summed E-state index contributed by atoms with van der Waals surface area (Å²) in [6, 6.07) is 0. The molecule has 24 heavy (non-hydrogen) atoms. The highest BCUT2D eigenvalue weighted by atomic mass is 16.6. The van der Waals surface area contributed by atoms with E-state index in [1.165, 1.54) is 6.92 Å². The molecule has 0 aromatic carbocycles. The summed E-state index contributed by atoms with van der Waals surface area (Å²) < 4.78 is 5.38. The topological polar surface area (TPSA) is 110 Å². The predicted molar refractivity (Wildman–Crippen MR) is 83.6 cm³/mol. The SMILES string of the molecule is CC(=O)O[C@@]1(C)C[C@@H](C)C(=O)[C@H]([C@H](O)CC2CC(=O)NC(=O)C2)C1. The molecule has 0 unspecified atom stereocenters. The molecule has 0 bridgehead atoms. The average Bonchev–Trinajstić information content (AvgIpc) is 2.40. The maximum atomic E-state index is 12.5. The van der Waals surface area contributed by atoms with Crippen LogP contribution >= 0.6 is 0 Å². The predicted octanol–water partition coefficient (Wildman–Crippen LogP) is 0.727. The first kappa shape index (κ1) is 18.6. The molecule has 0 aromatic heterocycles. The first-order valence-corrected chi connectivity index (χ1v) is 8.33. The molecule has 0 aromatic rings. The summed E-state index contributed by atoms with van der Waals surface area (Å²) in [7, 11) is 0. The summed E-state index contributed by atoms with van der Waals surface area (Å²) in [5.74, 6) is -2.42. The van der Waals surface area contributed by atoms with Crippen molar-refractivity contribution >= 4 is 23.6 Å². The minimum Gasteiger partial charge on any atom is -0.460 e. The van der Waals surface area contributed by atoms with E-state index in [2.05, 4.69) is 5.32 Å². The third-order valence-corrected chi connectivity index (χ3v) is 4.90. The van der Waals surface area contributed by atoms with Gasteiger partial charge < -0.3 is 9.84 Å². The van der Waals surface area contributed by atoms with Crippen LogP contribution in [0.5, 0.6) is 0 Å². The van der Waals surface area contributed by atoms with E-state index in [1.807, 2.05) is 0 Å². The number of ether oxygens (including phenoxy) is 1. The number of hydrogen-bond acceptors (Lipinski definition) is 6. The second-order valence-electron chi connectivity index (χ2n) is 7.41. The van der Waals surface area contributed by atoms with Gasteiger partial charge in [-0.05, 0) is 32.1 Å². The van der Waals surface area contributed by atoms with Crippen LogP contribution < -0.4 is 5.32 Å². The Kier molecular flexibility index (Phi) is 5.42. The number of amides is 2. The van der Waals surface area contributed by atoms with Crippen molar-refractivity contribution in [3.05, 3.63) is 0 Å². The quantitative estimate of drug-likeness (QED) is 0.577. The Morgan fingerprint density at radius 1 is 1.29 bits per heavy atom. The van der Waals surface area contributed by atoms with Crippen LogP contribution in [0.4, 0.5) is 0 Å². The van der Waals surface area contributed by atoms with Gasteiger partial charge in [-0.3, -0.25) is 24.5 Å². The van der Waals surface area contributed by atoms with Gasteiger partial charge in [-0.15, -0.1) is 0 Å². The number of rotatable bonds is 4. The molecule has 2 N–H and O–H groups in total. The number of carbonyl (C=O) groups excluding carboxylic acids is 4. The Hall–Kier alpha value is -1.76. The van der Waals surface area contributed by atoms with E-state index in [1.54, 1.807) is 13.8 Å². The lowest BCUT2D eigenvalue weighted by molar-refractivity contribution is -0.169. The minimum atomic E-state index is -0.959. The van der Waals surface area contributed by atoms with E-state index in [-0.39, 0.29) is 55.1 Å². The Bertz CT molecular complexity index is 543. The largest absolute Gasteiger partial charge is 0.460 e. The van der Waals surface area contributed by atoms with Crippen LogP contribution in [0.25, 0.3) is 0 Å². The highest BCUT2D eigenvalue weighted by Gasteiger charge is 2.46. The van der Waals surface area contributed by atoms with Crippen molar-refractivity contribution in [3.63, 3.8) is 0 Å². The van der Waals surface area contributed by atoms with E-state index < -0.39 is 23.6 Å². The second kappa shape index (κ2) is 7.01. The van der Waals surface area contributed by atoms with Crippen LogP contribution in [-0.4, -0.2) is 40.4 Å². The monoisotopic (exact) mass is 339 g/mol. The lowest BCUT2D eigenvalue weighted by atomic mass is 9.69. The van der Waals surface area contributed by atoms with E-state index in [0.717, 1.165) is 0 Å². The fraction of sp³-hybridized carbons (Fsp3) is 0.765. The normalized spacial score (nSPS) is 33.1. The molecule has 2 amide bonds. The highest BCUT2D eigenvalue weighted by Crippen LogP contribution is 2.39. The van der Waals surface area contributed by atoms with Crippen LogP contribution in [0.2, 0.25) is 0 Å². The molecule has 2 fully saturated rings. The van der Waals surface area contributed by atoms with Crippen LogP contribution in [-0.2, 0) is 23.9 Å². The van der Waals surface area contributed by atoms with Gasteiger partial charge in [-0.2, -0.15) is 0 Å². The van der Waals surface area contributed by atoms with E-state index in [4.69, 9.17) is 4.74 Å². The molecule has 1 heterocycles. The standard InChI is InChI=1S/C17H25NO6/c1-9-7-17(3,24-10(2)19)8-12(16(9)23)13(20)4-11-5-14(21)18-15(22)6-11/h9,11-13,20H,4-8H2,1-3H3,(H,18,21,22)/t9-,12+,13-,17+/m1/s1. The lowest BCUT2D eigenvalue weighted by Gasteiger charge is -2.41. The number of piperidine rings is 1. The van der Waals surface area contributed by atoms with Gasteiger partial charge in [-0.1, -0.05) is 6.92 Å². The molecule has 134 valence electrons. The highest BCUT2D eigenvalue weighted by molar-refractivity contribution is 5.97. The molecule has 1 saturated carbocycles. The summed E-state index contributed by atoms with van der Waals surface area (Å²) in [5.41, 5.74) is -0.787. The summed E-state index contributed by atoms with van der Waals surface area (Å²) in [5, 5.41) is 12.8. The number of imide groups is 1. The Morgan fingerprint density at radius 2 is 1.88 bits per heavy atom. The maximum absolute atomic E-state index is 12.5. The number of ketones is 1. The molecule has 4 atom stereocenters. The number of aliphatic hydroxyl groups is 1. The van der Waals surface area contributed by atoms with Gasteiger partial charge in [0.05, 0.1) is 6.10 Å². The fourth-order valence-electron chi connectivity index (χ4n) is 4.05. The third kappa shape index (κ3) is 4.41. The van der Waals surface area contributed by atoms with Crippen molar-refractivity contribution < 1.29 is 29.0 Å². The minimum absolute atomic E-state index is 0.0567. The summed E-state index contributed by atoms with van der Waals surface area (Å²) in [6.45, 7) is 4.86. The first-order valence-electron chi connectivity index (χ1n) is 8.33. The van der Waals surface area contributed by atoms with Crippen molar-refractivity contribution in [2.75, 3.05) is 0 Å². The van der Waals surface area contributed by atoms with Crippen molar-refractivity contribution in [2.45, 2.75) is 64.6 Å². The molecule has 2 aliphatic rings. The van der Waals surface area contributed by atoms with E-state index in [0.29, 0.717) is 6.42 Å². The second-order valence-corrected chi connectivity index (χ2v) is 7.41. The van der Waals surface area contributed by atoms with Crippen molar-refractivity contribution in [1.82, 2.24) is 5.32 Å². The third-order valence-electron chi connectivity index (χ3n) is 4.90. The smallest absolute Gasteiger partial charge is 0.303 e. The summed E-state index contributed by atoms with van der Waals surface area (Å²) >= 11 is 0. The van der Waals surface area contributed by atoms with E-state index >= 15 is 0 Å². The first-order chi connectivity index (χ1) is 11.1. The Labute approximate surface area is 141 Å². The number of aliphatic hydroxyl groups excluding tert-OH is 1. The van der Waals surface area contributed by atoms with Gasteiger partial charge in [0.15, 0.2) is 0 Å². The van der Waals surface area contributed by atoms with Gasteiger partial charge >= 0.3 is 5.97 Å². The molecule has 0 spiro atoms. The van der Waals surface area contributed by atoms with Crippen LogP contribution in [0.15, 0.2) is 0 Å². The molecule has 2 rings (SSSR count). The molecule has 0 radical (unpaired) electrons. The van der Waals surface area contributed by atoms with Gasteiger partial charge in [0.2, 0.25) is 11.8 Å². The molecule has 1 saturated heterocycles. The lowest BCUT2D eigenvalue weighted by Crippen LogP contribution is -2.49. The zero-order valence-electron chi connectivity index (χ0n) is 14.3. The number of Topliss-reactive ketones (excluding diaryl/α,β-unsaturated/α-hetero) is 1. The van der Waals surface area contributed by atoms with Gasteiger partial charge in [0.25, 0.3) is 0 Å². The molecule has 1 aliphatic carbocycles. The Balaban J connectivity index is 2.07. The number of carbonyl (C=O) groups is 4. The average molecular weight is 339 g/mol. The van der Waals surface area contributed by atoms with Crippen molar-refractivity contribution in [3.8, 4) is 0 Å². The van der Waals surface area contributed by atoms with Crippen molar-refractivity contribution in [1.29, 1.82) is 0 Å². The molecule has 7 heteroatoms. The fourth-order valence-corrected chi connectivity index (χ4v) is 4.05. The molecular weight excluding hydrogens is 314 g/mol. The number of nitrogens with one attached hydrogen (secondary N) is 1. The van der Waals surface area contributed by atoms with Crippen LogP contribution in [0, 0.1) is 17.8 Å². The van der Waals surface area contributed by atoms with Crippen LogP contribution in [0.3, 0.4) is 0 Å². The number of esters is 1. The maximum Gasteiger partial charge on any atom is 0.303 e. The van der Waals surface area contributed by atoms with Crippen molar-refractivity contribution in [2.24, 2.45) is 17.8 Å². The molecular formula is C17H25NO6. The van der Waals surface area contributed by atoms with Crippen LogP contribution in [0.1, 0.15) is 52.9 Å². The van der Waals surface area contributed by atoms with Gasteiger partial charge in [0.1, 0.15) is 11.4 Å². The van der Waals surface area contributed by atoms with E-state index in [9.17, 15) is 24.3 Å². The van der Waals surface area contributed by atoms with Gasteiger partial charge in [-0.25, -0.2) is 0 Å². The zero-order valence-corrected chi connectivity index (χ0v) is 14.3. The number of hydrogen-bond donors (Lipinski definition) is 2. The Morgan fingerprint density at radius 3 is 2.42 bits per heavy atom. The summed E-state index contributed by atoms with van der Waals surface area (Å²) in [6.07, 6.45) is 0.265. The molecule has 1 aliphatic heterocycles. The summed E-state index contributed by atoms with van der Waals surface area (Å²) in [4.78, 5) is 46.7. The molecule has 7 nitrogen and oxygen atoms in total. The van der Waals surface area contributed by atoms with Gasteiger partial charge in [0, 0.05) is 31.6 Å². The zero-order chi connectivity index (χ0) is 18.1.